The van der Waals surface area contributed by atoms with E-state index in [1.807, 2.05) is 38.1 Å². The van der Waals surface area contributed by atoms with Crippen LogP contribution in [0.2, 0.25) is 0 Å². The molecule has 0 aliphatic heterocycles. The summed E-state index contributed by atoms with van der Waals surface area (Å²) in [5.41, 5.74) is 4.09. The molecule has 4 nitrogen and oxygen atoms in total. The largest absolute Gasteiger partial charge is 0.480 e. The second-order valence-electron chi connectivity index (χ2n) is 5.04. The summed E-state index contributed by atoms with van der Waals surface area (Å²) in [7, 11) is 0. The van der Waals surface area contributed by atoms with Crippen LogP contribution in [0.25, 0.3) is 0 Å². The van der Waals surface area contributed by atoms with Gasteiger partial charge in [0.15, 0.2) is 6.61 Å². The number of carboxylic acid groups (broad SMARTS) is 1. The topological polar surface area (TPSA) is 58.9 Å². The van der Waals surface area contributed by atoms with Gasteiger partial charge in [-0.3, -0.25) is 4.99 Å². The van der Waals surface area contributed by atoms with Crippen LogP contribution >= 0.6 is 31.9 Å². The molecule has 0 atom stereocenters. The predicted octanol–water partition coefficient (Wildman–Crippen LogP) is 5.04. The number of halogens is 2. The molecule has 23 heavy (non-hydrogen) atoms. The van der Waals surface area contributed by atoms with Crippen molar-refractivity contribution in [1.82, 2.24) is 0 Å². The maximum absolute atomic E-state index is 10.6. The van der Waals surface area contributed by atoms with E-state index in [1.165, 1.54) is 5.56 Å². The standard InChI is InChI=1S/C17H15Br2NO3/c1-10-3-4-15(11(2)5-10)20-8-12-6-13(18)17(14(19)7-12)23-9-16(21)22/h3-8H,9H2,1-2H3,(H,21,22). The number of ether oxygens (including phenoxy) is 1. The summed E-state index contributed by atoms with van der Waals surface area (Å²) >= 11 is 6.78. The fraction of sp³-hybridized carbons (Fsp3) is 0.176. The van der Waals surface area contributed by atoms with Gasteiger partial charge in [0, 0.05) is 6.21 Å². The lowest BCUT2D eigenvalue weighted by atomic mass is 10.1. The van der Waals surface area contributed by atoms with Gasteiger partial charge < -0.3 is 9.84 Å². The molecule has 2 aromatic carbocycles. The van der Waals surface area contributed by atoms with Gasteiger partial charge >= 0.3 is 5.97 Å². The molecule has 2 rings (SSSR count). The van der Waals surface area contributed by atoms with E-state index in [4.69, 9.17) is 9.84 Å². The minimum absolute atomic E-state index is 0.396. The van der Waals surface area contributed by atoms with Gasteiger partial charge in [0.1, 0.15) is 5.75 Å². The predicted molar refractivity (Wildman–Crippen MR) is 98.1 cm³/mol. The number of aliphatic imine (C=N–C) groups is 1. The van der Waals surface area contributed by atoms with Crippen LogP contribution in [0, 0.1) is 13.8 Å². The second kappa shape index (κ2) is 7.75. The SMILES string of the molecule is Cc1ccc(N=Cc2cc(Br)c(OCC(=O)O)c(Br)c2)c(C)c1. The molecule has 0 aliphatic carbocycles. The molecule has 0 saturated carbocycles. The number of hydrogen-bond donors (Lipinski definition) is 1. The highest BCUT2D eigenvalue weighted by Crippen LogP contribution is 2.34. The Balaban J connectivity index is 2.24. The van der Waals surface area contributed by atoms with Gasteiger partial charge in [0.05, 0.1) is 14.6 Å². The Kier molecular flexibility index (Phi) is 5.96. The van der Waals surface area contributed by atoms with Crippen molar-refractivity contribution < 1.29 is 14.6 Å². The highest BCUT2D eigenvalue weighted by atomic mass is 79.9. The van der Waals surface area contributed by atoms with Gasteiger partial charge in [-0.25, -0.2) is 4.79 Å². The van der Waals surface area contributed by atoms with Crippen molar-refractivity contribution in [3.05, 3.63) is 56.0 Å². The van der Waals surface area contributed by atoms with Crippen molar-refractivity contribution in [2.75, 3.05) is 6.61 Å². The van der Waals surface area contributed by atoms with E-state index < -0.39 is 12.6 Å². The summed E-state index contributed by atoms with van der Waals surface area (Å²) in [6, 6.07) is 9.75. The van der Waals surface area contributed by atoms with Crippen LogP contribution in [0.15, 0.2) is 44.3 Å². The van der Waals surface area contributed by atoms with E-state index in [2.05, 4.69) is 42.9 Å². The summed E-state index contributed by atoms with van der Waals surface area (Å²) in [5.74, 6) is -0.569. The van der Waals surface area contributed by atoms with Gasteiger partial charge in [-0.05, 0) is 75.0 Å². The summed E-state index contributed by atoms with van der Waals surface area (Å²) in [4.78, 5) is 15.1. The molecule has 2 aromatic rings. The van der Waals surface area contributed by atoms with E-state index in [1.54, 1.807) is 6.21 Å². The van der Waals surface area contributed by atoms with E-state index in [0.29, 0.717) is 14.7 Å². The number of nitrogens with zero attached hydrogens (tertiary/aromatic N) is 1. The van der Waals surface area contributed by atoms with Crippen molar-refractivity contribution in [2.45, 2.75) is 13.8 Å². The van der Waals surface area contributed by atoms with Gasteiger partial charge in [0.2, 0.25) is 0 Å². The van der Waals surface area contributed by atoms with Crippen LogP contribution < -0.4 is 4.74 Å². The van der Waals surface area contributed by atoms with E-state index >= 15 is 0 Å². The molecule has 0 aliphatic rings. The van der Waals surface area contributed by atoms with E-state index in [0.717, 1.165) is 16.8 Å². The van der Waals surface area contributed by atoms with Crippen LogP contribution in [-0.4, -0.2) is 23.9 Å². The average Bonchev–Trinajstić information content (AvgIpc) is 2.45. The molecule has 0 unspecified atom stereocenters. The Labute approximate surface area is 151 Å². The Morgan fingerprint density at radius 1 is 1.22 bits per heavy atom. The zero-order valence-electron chi connectivity index (χ0n) is 12.6. The quantitative estimate of drug-likeness (QED) is 0.662. The first kappa shape index (κ1) is 17.7. The fourth-order valence-corrected chi connectivity index (χ4v) is 3.47. The third kappa shape index (κ3) is 4.91. The lowest BCUT2D eigenvalue weighted by Crippen LogP contribution is -2.10. The molecule has 0 aromatic heterocycles. The van der Waals surface area contributed by atoms with Crippen LogP contribution in [0.3, 0.4) is 0 Å². The third-order valence-corrected chi connectivity index (χ3v) is 4.24. The molecular formula is C17H15Br2NO3. The number of aliphatic carboxylic acids is 1. The Morgan fingerprint density at radius 3 is 2.43 bits per heavy atom. The van der Waals surface area contributed by atoms with Crippen molar-refractivity contribution in [2.24, 2.45) is 4.99 Å². The normalized spacial score (nSPS) is 11.0. The molecule has 0 radical (unpaired) electrons. The maximum Gasteiger partial charge on any atom is 0.341 e. The molecule has 120 valence electrons. The van der Waals surface area contributed by atoms with Gasteiger partial charge in [-0.15, -0.1) is 0 Å². The van der Waals surface area contributed by atoms with E-state index in [-0.39, 0.29) is 0 Å². The summed E-state index contributed by atoms with van der Waals surface area (Å²) in [6.45, 7) is 3.67. The number of benzene rings is 2. The molecule has 0 bridgehead atoms. The highest BCUT2D eigenvalue weighted by Gasteiger charge is 2.10. The Hall–Kier alpha value is -1.66. The third-order valence-electron chi connectivity index (χ3n) is 3.07. The molecule has 0 saturated heterocycles. The van der Waals surface area contributed by atoms with Crippen molar-refractivity contribution in [3.8, 4) is 5.75 Å². The number of carbonyl (C=O) groups is 1. The summed E-state index contributed by atoms with van der Waals surface area (Å²) in [6.07, 6.45) is 1.76. The number of hydrogen-bond acceptors (Lipinski definition) is 3. The summed E-state index contributed by atoms with van der Waals surface area (Å²) < 4.78 is 6.57. The van der Waals surface area contributed by atoms with Crippen molar-refractivity contribution in [1.29, 1.82) is 0 Å². The molecular weight excluding hydrogens is 426 g/mol. The number of aryl methyl sites for hydroxylation is 2. The number of rotatable bonds is 5. The maximum atomic E-state index is 10.6. The monoisotopic (exact) mass is 439 g/mol. The minimum atomic E-state index is -1.02. The molecule has 0 spiro atoms. The van der Waals surface area contributed by atoms with Crippen molar-refractivity contribution >= 4 is 49.7 Å². The van der Waals surface area contributed by atoms with Gasteiger partial charge in [-0.1, -0.05) is 17.7 Å². The lowest BCUT2D eigenvalue weighted by molar-refractivity contribution is -0.139. The Bertz CT molecular complexity index is 749. The minimum Gasteiger partial charge on any atom is -0.480 e. The Morgan fingerprint density at radius 2 is 1.87 bits per heavy atom. The van der Waals surface area contributed by atoms with Gasteiger partial charge in [-0.2, -0.15) is 0 Å². The second-order valence-corrected chi connectivity index (χ2v) is 6.75. The molecule has 0 fully saturated rings. The van der Waals surface area contributed by atoms with Crippen LogP contribution in [-0.2, 0) is 4.79 Å². The van der Waals surface area contributed by atoms with Gasteiger partial charge in [0.25, 0.3) is 0 Å². The first-order valence-electron chi connectivity index (χ1n) is 6.82. The number of carboxylic acids is 1. The highest BCUT2D eigenvalue weighted by molar-refractivity contribution is 9.11. The van der Waals surface area contributed by atoms with E-state index in [9.17, 15) is 4.79 Å². The smallest absolute Gasteiger partial charge is 0.341 e. The molecule has 6 heteroatoms. The summed E-state index contributed by atoms with van der Waals surface area (Å²) in [5, 5.41) is 8.69. The molecule has 1 N–H and O–H groups in total. The fourth-order valence-electron chi connectivity index (χ4n) is 2.02. The lowest BCUT2D eigenvalue weighted by Gasteiger charge is -2.09. The van der Waals surface area contributed by atoms with Crippen LogP contribution in [0.5, 0.6) is 5.75 Å². The first-order chi connectivity index (χ1) is 10.9. The van der Waals surface area contributed by atoms with Crippen LogP contribution in [0.4, 0.5) is 5.69 Å². The van der Waals surface area contributed by atoms with Crippen molar-refractivity contribution in [3.63, 3.8) is 0 Å². The zero-order chi connectivity index (χ0) is 17.0. The first-order valence-corrected chi connectivity index (χ1v) is 8.40. The molecule has 0 amide bonds. The molecule has 0 heterocycles. The van der Waals surface area contributed by atoms with Crippen LogP contribution in [0.1, 0.15) is 16.7 Å². The average molecular weight is 441 g/mol. The zero-order valence-corrected chi connectivity index (χ0v) is 15.8.